The fraction of sp³-hybridized carbons (Fsp3) is 0.300. The number of amides is 2. The van der Waals surface area contributed by atoms with Gasteiger partial charge in [0.15, 0.2) is 0 Å². The van der Waals surface area contributed by atoms with Crippen molar-refractivity contribution in [3.8, 4) is 0 Å². The van der Waals surface area contributed by atoms with Crippen LogP contribution in [0.4, 0.5) is 11.5 Å². The van der Waals surface area contributed by atoms with Crippen molar-refractivity contribution in [2.24, 2.45) is 0 Å². The van der Waals surface area contributed by atoms with Crippen LogP contribution in [0.15, 0.2) is 12.3 Å². The molecule has 1 saturated heterocycles. The maximum absolute atomic E-state index is 11.7. The lowest BCUT2D eigenvalue weighted by Crippen LogP contribution is -2.32. The van der Waals surface area contributed by atoms with E-state index in [1.165, 1.54) is 7.05 Å². The maximum atomic E-state index is 11.7. The van der Waals surface area contributed by atoms with Crippen LogP contribution in [0.1, 0.15) is 6.42 Å². The molecule has 0 radical (unpaired) electrons. The number of nitro groups is 1. The highest BCUT2D eigenvalue weighted by molar-refractivity contribution is 6.33. The molecule has 100 valence electrons. The molecule has 2 heterocycles. The summed E-state index contributed by atoms with van der Waals surface area (Å²) in [6, 6.07) is 0.381. The molecule has 1 aliphatic rings. The third kappa shape index (κ3) is 2.48. The minimum absolute atomic E-state index is 0.00430. The van der Waals surface area contributed by atoms with Gasteiger partial charge in [0.05, 0.1) is 16.4 Å². The van der Waals surface area contributed by atoms with Gasteiger partial charge in [0.1, 0.15) is 18.1 Å². The molecule has 1 aromatic heterocycles. The molecule has 2 rings (SSSR count). The summed E-state index contributed by atoms with van der Waals surface area (Å²) in [5.74, 6) is -0.560. The Morgan fingerprint density at radius 3 is 2.74 bits per heavy atom. The van der Waals surface area contributed by atoms with Gasteiger partial charge < -0.3 is 5.32 Å². The van der Waals surface area contributed by atoms with Crippen molar-refractivity contribution in [2.75, 3.05) is 12.4 Å². The van der Waals surface area contributed by atoms with Gasteiger partial charge in [-0.3, -0.25) is 24.6 Å². The maximum Gasteiger partial charge on any atom is 0.289 e. The smallest absolute Gasteiger partial charge is 0.289 e. The molecule has 0 spiro atoms. The summed E-state index contributed by atoms with van der Waals surface area (Å²) in [5, 5.41) is 13.3. The third-order valence-electron chi connectivity index (χ3n) is 2.73. The highest BCUT2D eigenvalue weighted by Gasteiger charge is 2.36. The number of likely N-dealkylation sites (tertiary alicyclic amines) is 1. The summed E-state index contributed by atoms with van der Waals surface area (Å²) in [6.45, 7) is 0. The van der Waals surface area contributed by atoms with E-state index in [0.29, 0.717) is 0 Å². The van der Waals surface area contributed by atoms with Gasteiger partial charge in [0.25, 0.3) is 11.6 Å². The Hall–Kier alpha value is -2.22. The van der Waals surface area contributed by atoms with E-state index in [9.17, 15) is 19.7 Å². The Morgan fingerprint density at radius 2 is 2.26 bits per heavy atom. The van der Waals surface area contributed by atoms with Crippen LogP contribution in [0.3, 0.4) is 0 Å². The van der Waals surface area contributed by atoms with Crippen LogP contribution in [0.25, 0.3) is 0 Å². The van der Waals surface area contributed by atoms with Gasteiger partial charge >= 0.3 is 0 Å². The van der Waals surface area contributed by atoms with Gasteiger partial charge in [-0.05, 0) is 0 Å². The zero-order valence-electron chi connectivity index (χ0n) is 9.79. The molecule has 1 fully saturated rings. The SMILES string of the molecule is CN1C(=O)CC(Nc2ncc([N+](=O)[O-])cc2Cl)C1=O. The average molecular weight is 285 g/mol. The lowest BCUT2D eigenvalue weighted by molar-refractivity contribution is -0.385. The second-order valence-corrected chi connectivity index (χ2v) is 4.38. The van der Waals surface area contributed by atoms with Gasteiger partial charge in [-0.25, -0.2) is 4.98 Å². The van der Waals surface area contributed by atoms with Gasteiger partial charge in [-0.1, -0.05) is 11.6 Å². The number of imide groups is 1. The molecule has 19 heavy (non-hydrogen) atoms. The zero-order chi connectivity index (χ0) is 14.2. The second-order valence-electron chi connectivity index (χ2n) is 3.97. The summed E-state index contributed by atoms with van der Waals surface area (Å²) >= 11 is 5.83. The van der Waals surface area contributed by atoms with Gasteiger partial charge in [0, 0.05) is 13.1 Å². The minimum atomic E-state index is -0.746. The van der Waals surface area contributed by atoms with Crippen molar-refractivity contribution in [2.45, 2.75) is 12.5 Å². The van der Waals surface area contributed by atoms with E-state index < -0.39 is 11.0 Å². The van der Waals surface area contributed by atoms with E-state index in [0.717, 1.165) is 17.2 Å². The number of pyridine rings is 1. The van der Waals surface area contributed by atoms with Crippen LogP contribution in [-0.2, 0) is 9.59 Å². The number of carbonyl (C=O) groups is 2. The average Bonchev–Trinajstić information content (AvgIpc) is 2.59. The van der Waals surface area contributed by atoms with Gasteiger partial charge in [-0.15, -0.1) is 0 Å². The van der Waals surface area contributed by atoms with E-state index in [1.807, 2.05) is 0 Å². The van der Waals surface area contributed by atoms with Crippen LogP contribution in [0.5, 0.6) is 0 Å². The van der Waals surface area contributed by atoms with Crippen molar-refractivity contribution in [3.63, 3.8) is 0 Å². The molecule has 1 aromatic rings. The number of anilines is 1. The number of hydrogen-bond donors (Lipinski definition) is 1. The fourth-order valence-electron chi connectivity index (χ4n) is 1.67. The van der Waals surface area contributed by atoms with E-state index in [2.05, 4.69) is 10.3 Å². The summed E-state index contributed by atoms with van der Waals surface area (Å²) in [7, 11) is 1.39. The van der Waals surface area contributed by atoms with E-state index in [1.54, 1.807) is 0 Å². The van der Waals surface area contributed by atoms with Crippen LogP contribution >= 0.6 is 11.6 Å². The molecule has 1 N–H and O–H groups in total. The van der Waals surface area contributed by atoms with Crippen molar-refractivity contribution >= 4 is 34.9 Å². The van der Waals surface area contributed by atoms with Gasteiger partial charge in [-0.2, -0.15) is 0 Å². The molecule has 1 atom stereocenters. The van der Waals surface area contributed by atoms with Crippen molar-refractivity contribution in [1.82, 2.24) is 9.88 Å². The molecule has 0 aromatic carbocycles. The van der Waals surface area contributed by atoms with Crippen molar-refractivity contribution in [1.29, 1.82) is 0 Å². The molecule has 2 amide bonds. The lowest BCUT2D eigenvalue weighted by atomic mass is 10.2. The minimum Gasteiger partial charge on any atom is -0.357 e. The van der Waals surface area contributed by atoms with Crippen LogP contribution < -0.4 is 5.32 Å². The summed E-state index contributed by atoms with van der Waals surface area (Å²) in [6.07, 6.45) is 1.03. The quantitative estimate of drug-likeness (QED) is 0.500. The van der Waals surface area contributed by atoms with E-state index in [4.69, 9.17) is 11.6 Å². The van der Waals surface area contributed by atoms with Crippen molar-refractivity contribution < 1.29 is 14.5 Å². The molecular weight excluding hydrogens is 276 g/mol. The molecule has 1 unspecified atom stereocenters. The zero-order valence-corrected chi connectivity index (χ0v) is 10.5. The molecule has 1 aliphatic heterocycles. The largest absolute Gasteiger partial charge is 0.357 e. The Kier molecular flexibility index (Phi) is 3.34. The highest BCUT2D eigenvalue weighted by Crippen LogP contribution is 2.26. The molecular formula is C10H9ClN4O4. The molecule has 0 aliphatic carbocycles. The Labute approximate surface area is 112 Å². The third-order valence-corrected chi connectivity index (χ3v) is 3.02. The summed E-state index contributed by atoms with van der Waals surface area (Å²) < 4.78 is 0. The number of likely N-dealkylation sites (N-methyl/N-ethyl adjacent to an activating group) is 1. The van der Waals surface area contributed by atoms with Crippen LogP contribution in [-0.4, -0.2) is 39.7 Å². The Morgan fingerprint density at radius 1 is 1.58 bits per heavy atom. The first-order chi connectivity index (χ1) is 8.90. The Bertz CT molecular complexity index is 577. The van der Waals surface area contributed by atoms with E-state index in [-0.39, 0.29) is 34.8 Å². The number of halogens is 1. The molecule has 8 nitrogen and oxygen atoms in total. The number of hydrogen-bond acceptors (Lipinski definition) is 6. The molecule has 0 bridgehead atoms. The second kappa shape index (κ2) is 4.81. The topological polar surface area (TPSA) is 105 Å². The number of nitrogens with one attached hydrogen (secondary N) is 1. The fourth-order valence-corrected chi connectivity index (χ4v) is 1.88. The number of carbonyl (C=O) groups excluding carboxylic acids is 2. The first-order valence-corrected chi connectivity index (χ1v) is 5.65. The first-order valence-electron chi connectivity index (χ1n) is 5.27. The predicted molar refractivity (Wildman–Crippen MR) is 65.7 cm³/mol. The molecule has 9 heteroatoms. The number of aromatic nitrogens is 1. The molecule has 0 saturated carbocycles. The first kappa shape index (κ1) is 13.2. The highest BCUT2D eigenvalue weighted by atomic mass is 35.5. The van der Waals surface area contributed by atoms with Crippen LogP contribution in [0.2, 0.25) is 5.02 Å². The summed E-state index contributed by atoms with van der Waals surface area (Å²) in [4.78, 5) is 37.7. The normalized spacial score (nSPS) is 18.8. The monoisotopic (exact) mass is 284 g/mol. The predicted octanol–water partition coefficient (Wildman–Crippen LogP) is 0.812. The number of nitrogens with zero attached hydrogens (tertiary/aromatic N) is 3. The van der Waals surface area contributed by atoms with Crippen molar-refractivity contribution in [3.05, 3.63) is 27.4 Å². The van der Waals surface area contributed by atoms with E-state index >= 15 is 0 Å². The van der Waals surface area contributed by atoms with Crippen LogP contribution in [0, 0.1) is 10.1 Å². The standard InChI is InChI=1S/C10H9ClN4O4/c1-14-8(16)3-7(10(14)17)13-9-6(11)2-5(4-12-9)15(18)19/h2,4,7H,3H2,1H3,(H,12,13). The van der Waals surface area contributed by atoms with Gasteiger partial charge in [0.2, 0.25) is 5.91 Å². The summed E-state index contributed by atoms with van der Waals surface area (Å²) in [5.41, 5.74) is -0.249. The lowest BCUT2D eigenvalue weighted by Gasteiger charge is -2.12. The number of rotatable bonds is 3. The Balaban J connectivity index is 2.19.